The van der Waals surface area contributed by atoms with Crippen LogP contribution >= 0.6 is 0 Å². The van der Waals surface area contributed by atoms with Gasteiger partial charge in [-0.15, -0.1) is 0 Å². The Morgan fingerprint density at radius 1 is 1.05 bits per heavy atom. The lowest BCUT2D eigenvalue weighted by atomic mass is 10.1. The number of hydrogen-bond donors (Lipinski definition) is 0. The molecule has 19 heavy (non-hydrogen) atoms. The Balaban J connectivity index is 2.36. The monoisotopic (exact) mass is 280 g/mol. The van der Waals surface area contributed by atoms with Crippen molar-refractivity contribution < 1.29 is 26.7 Å². The highest BCUT2D eigenvalue weighted by molar-refractivity contribution is 5.14. The van der Waals surface area contributed by atoms with Crippen LogP contribution in [0.1, 0.15) is 12.0 Å². The first-order chi connectivity index (χ1) is 8.75. The van der Waals surface area contributed by atoms with Crippen molar-refractivity contribution in [3.8, 4) is 0 Å². The van der Waals surface area contributed by atoms with E-state index in [2.05, 4.69) is 11.3 Å². The second-order valence-corrected chi connectivity index (χ2v) is 3.93. The normalized spacial score (nSPS) is 12.3. The predicted octanol–water partition coefficient (Wildman–Crippen LogP) is 4.35. The van der Waals surface area contributed by atoms with Crippen LogP contribution in [0.4, 0.5) is 22.0 Å². The first kappa shape index (κ1) is 15.5. The molecule has 0 spiro atoms. The van der Waals surface area contributed by atoms with E-state index in [1.54, 1.807) is 0 Å². The molecule has 1 rings (SSSR count). The van der Waals surface area contributed by atoms with Crippen LogP contribution in [0.5, 0.6) is 0 Å². The number of halogens is 5. The average molecular weight is 280 g/mol. The maximum atomic E-state index is 12.7. The molecule has 1 aromatic rings. The molecule has 6 heteroatoms. The van der Waals surface area contributed by atoms with Gasteiger partial charge in [-0.2, -0.15) is 22.0 Å². The van der Waals surface area contributed by atoms with Crippen molar-refractivity contribution in [2.75, 3.05) is 6.61 Å². The number of allylic oxidation sites excluding steroid dienone is 1. The highest BCUT2D eigenvalue weighted by atomic mass is 19.4. The minimum absolute atomic E-state index is 0.237. The van der Waals surface area contributed by atoms with Crippen LogP contribution in [0.15, 0.2) is 42.7 Å². The predicted molar refractivity (Wildman–Crippen MR) is 60.9 cm³/mol. The molecule has 0 fully saturated rings. The third-order valence-electron chi connectivity index (χ3n) is 2.44. The van der Waals surface area contributed by atoms with Crippen molar-refractivity contribution in [2.24, 2.45) is 0 Å². The summed E-state index contributed by atoms with van der Waals surface area (Å²) in [5.41, 5.74) is 0.958. The zero-order valence-corrected chi connectivity index (χ0v) is 10.0. The molecule has 0 amide bonds. The first-order valence-electron chi connectivity index (χ1n) is 5.56. The SMILES string of the molecule is C=C(OCCCc1ccccc1)C(F)(F)C(F)(F)F. The second kappa shape index (κ2) is 6.04. The molecule has 1 nitrogen and oxygen atoms in total. The van der Waals surface area contributed by atoms with E-state index in [4.69, 9.17) is 0 Å². The quantitative estimate of drug-likeness (QED) is 0.427. The van der Waals surface area contributed by atoms with Crippen LogP contribution in [0.3, 0.4) is 0 Å². The lowest BCUT2D eigenvalue weighted by Crippen LogP contribution is -2.38. The van der Waals surface area contributed by atoms with E-state index in [0.717, 1.165) is 5.56 Å². The van der Waals surface area contributed by atoms with Gasteiger partial charge in [0.2, 0.25) is 0 Å². The van der Waals surface area contributed by atoms with Crippen molar-refractivity contribution in [3.05, 3.63) is 48.2 Å². The fourth-order valence-electron chi connectivity index (χ4n) is 1.37. The molecule has 0 atom stereocenters. The van der Waals surface area contributed by atoms with Gasteiger partial charge in [0.1, 0.15) is 0 Å². The van der Waals surface area contributed by atoms with Crippen molar-refractivity contribution >= 4 is 0 Å². The van der Waals surface area contributed by atoms with Crippen LogP contribution in [0.25, 0.3) is 0 Å². The minimum Gasteiger partial charge on any atom is -0.492 e. The molecule has 0 aliphatic heterocycles. The Labute approximate surface area is 107 Å². The Morgan fingerprint density at radius 2 is 1.63 bits per heavy atom. The van der Waals surface area contributed by atoms with E-state index in [1.807, 2.05) is 30.3 Å². The number of hydrogen-bond acceptors (Lipinski definition) is 1. The summed E-state index contributed by atoms with van der Waals surface area (Å²) >= 11 is 0. The molecule has 1 aromatic carbocycles. The number of benzene rings is 1. The molecule has 0 unspecified atom stereocenters. The topological polar surface area (TPSA) is 9.23 Å². The molecule has 106 valence electrons. The summed E-state index contributed by atoms with van der Waals surface area (Å²) in [5.74, 6) is -6.58. The van der Waals surface area contributed by atoms with Gasteiger partial charge in [-0.05, 0) is 18.4 Å². The maximum Gasteiger partial charge on any atom is 0.461 e. The molecular weight excluding hydrogens is 267 g/mol. The summed E-state index contributed by atoms with van der Waals surface area (Å²) in [6.07, 6.45) is -4.81. The summed E-state index contributed by atoms with van der Waals surface area (Å²) in [6.45, 7) is 2.41. The standard InChI is InChI=1S/C13H13F5O/c1-10(12(14,15)13(16,17)18)19-9-5-8-11-6-3-2-4-7-11/h2-4,6-7H,1,5,8-9H2. The van der Waals surface area contributed by atoms with Gasteiger partial charge in [0.25, 0.3) is 0 Å². The lowest BCUT2D eigenvalue weighted by Gasteiger charge is -2.21. The molecule has 0 saturated carbocycles. The Kier molecular flexibility index (Phi) is 4.91. The molecule has 0 aromatic heterocycles. The molecule has 0 aliphatic rings. The van der Waals surface area contributed by atoms with Crippen LogP contribution in [-0.4, -0.2) is 18.7 Å². The van der Waals surface area contributed by atoms with Crippen molar-refractivity contribution in [1.29, 1.82) is 0 Å². The highest BCUT2D eigenvalue weighted by Crippen LogP contribution is 2.40. The van der Waals surface area contributed by atoms with E-state index < -0.39 is 17.9 Å². The fraction of sp³-hybridized carbons (Fsp3) is 0.385. The Bertz CT molecular complexity index is 411. The van der Waals surface area contributed by atoms with Crippen molar-refractivity contribution in [2.45, 2.75) is 24.9 Å². The summed E-state index contributed by atoms with van der Waals surface area (Å²) in [7, 11) is 0. The third-order valence-corrected chi connectivity index (χ3v) is 2.44. The number of alkyl halides is 5. The van der Waals surface area contributed by atoms with Crippen LogP contribution in [0.2, 0.25) is 0 Å². The van der Waals surface area contributed by atoms with Gasteiger partial charge in [-0.1, -0.05) is 36.9 Å². The maximum absolute atomic E-state index is 12.7. The van der Waals surface area contributed by atoms with Gasteiger partial charge in [-0.3, -0.25) is 0 Å². The zero-order valence-electron chi connectivity index (χ0n) is 10.0. The van der Waals surface area contributed by atoms with Crippen molar-refractivity contribution in [1.82, 2.24) is 0 Å². The fourth-order valence-corrected chi connectivity index (χ4v) is 1.37. The van der Waals surface area contributed by atoms with E-state index in [1.165, 1.54) is 0 Å². The number of aryl methyl sites for hydroxylation is 1. The largest absolute Gasteiger partial charge is 0.492 e. The summed E-state index contributed by atoms with van der Waals surface area (Å²) < 4.78 is 65.7. The second-order valence-electron chi connectivity index (χ2n) is 3.93. The van der Waals surface area contributed by atoms with E-state index in [0.29, 0.717) is 12.8 Å². The van der Waals surface area contributed by atoms with Crippen molar-refractivity contribution in [3.63, 3.8) is 0 Å². The molecule has 0 saturated heterocycles. The molecule has 0 N–H and O–H groups in total. The van der Waals surface area contributed by atoms with E-state index in [-0.39, 0.29) is 6.61 Å². The van der Waals surface area contributed by atoms with Gasteiger partial charge in [0.15, 0.2) is 5.76 Å². The Morgan fingerprint density at radius 3 is 2.16 bits per heavy atom. The van der Waals surface area contributed by atoms with Crippen LogP contribution in [0, 0.1) is 0 Å². The molecular formula is C13H13F5O. The van der Waals surface area contributed by atoms with Gasteiger partial charge >= 0.3 is 12.1 Å². The van der Waals surface area contributed by atoms with E-state index in [9.17, 15) is 22.0 Å². The van der Waals surface area contributed by atoms with E-state index >= 15 is 0 Å². The first-order valence-corrected chi connectivity index (χ1v) is 5.56. The molecule has 0 radical (unpaired) electrons. The molecule has 0 bridgehead atoms. The summed E-state index contributed by atoms with van der Waals surface area (Å²) in [4.78, 5) is 0. The van der Waals surface area contributed by atoms with Gasteiger partial charge in [0.05, 0.1) is 6.61 Å². The summed E-state index contributed by atoms with van der Waals surface area (Å²) in [5, 5.41) is 0. The average Bonchev–Trinajstić information content (AvgIpc) is 2.34. The Hall–Kier alpha value is -1.59. The summed E-state index contributed by atoms with van der Waals surface area (Å²) in [6, 6.07) is 9.11. The lowest BCUT2D eigenvalue weighted by molar-refractivity contribution is -0.276. The minimum atomic E-state index is -5.68. The third kappa shape index (κ3) is 4.22. The highest BCUT2D eigenvalue weighted by Gasteiger charge is 2.60. The van der Waals surface area contributed by atoms with Crippen LogP contribution in [-0.2, 0) is 11.2 Å². The van der Waals surface area contributed by atoms with Gasteiger partial charge < -0.3 is 4.74 Å². The van der Waals surface area contributed by atoms with Crippen LogP contribution < -0.4 is 0 Å². The zero-order chi connectivity index (χ0) is 14.5. The van der Waals surface area contributed by atoms with Gasteiger partial charge in [-0.25, -0.2) is 0 Å². The molecule has 0 aliphatic carbocycles. The molecule has 0 heterocycles. The number of ether oxygens (including phenoxy) is 1. The smallest absolute Gasteiger partial charge is 0.461 e. The van der Waals surface area contributed by atoms with Gasteiger partial charge in [0, 0.05) is 0 Å². The number of rotatable bonds is 6.